The maximum absolute atomic E-state index is 12.4. The van der Waals surface area contributed by atoms with E-state index in [1.54, 1.807) is 6.08 Å². The van der Waals surface area contributed by atoms with Crippen LogP contribution in [-0.4, -0.2) is 60.3 Å². The van der Waals surface area contributed by atoms with E-state index in [2.05, 4.69) is 33.8 Å². The van der Waals surface area contributed by atoms with Crippen molar-refractivity contribution in [2.75, 3.05) is 49.1 Å². The fourth-order valence-electron chi connectivity index (χ4n) is 3.21. The summed E-state index contributed by atoms with van der Waals surface area (Å²) in [5.41, 5.74) is 0.958. The average Bonchev–Trinajstić information content (AvgIpc) is 2.75. The van der Waals surface area contributed by atoms with Gasteiger partial charge in [0, 0.05) is 50.4 Å². The zero-order valence-corrected chi connectivity index (χ0v) is 17.1. The zero-order valence-electron chi connectivity index (χ0n) is 16.4. The Morgan fingerprint density at radius 1 is 1.04 bits per heavy atom. The van der Waals surface area contributed by atoms with Crippen LogP contribution < -0.4 is 9.80 Å². The second kappa shape index (κ2) is 9.55. The van der Waals surface area contributed by atoms with Crippen molar-refractivity contribution in [3.63, 3.8) is 0 Å². The molecule has 6 nitrogen and oxygen atoms in total. The SMILES string of the molecule is CCN(CC)c1ccc(N2CCN(C(=O)/C=C/c3ccc(Cl)cc3)CC2)nn1. The molecular formula is C21H26ClN5O. The van der Waals surface area contributed by atoms with Crippen LogP contribution in [-0.2, 0) is 4.79 Å². The van der Waals surface area contributed by atoms with E-state index in [4.69, 9.17) is 11.6 Å². The summed E-state index contributed by atoms with van der Waals surface area (Å²) >= 11 is 5.88. The molecule has 0 aliphatic carbocycles. The first-order valence-electron chi connectivity index (χ1n) is 9.67. The third-order valence-electron chi connectivity index (χ3n) is 4.93. The van der Waals surface area contributed by atoms with E-state index in [1.807, 2.05) is 47.4 Å². The number of nitrogens with zero attached hydrogens (tertiary/aromatic N) is 5. The van der Waals surface area contributed by atoms with Crippen LogP contribution in [0.4, 0.5) is 11.6 Å². The average molecular weight is 400 g/mol. The van der Waals surface area contributed by atoms with Crippen LogP contribution in [0.15, 0.2) is 42.5 Å². The van der Waals surface area contributed by atoms with Crippen LogP contribution in [0, 0.1) is 0 Å². The molecule has 0 bridgehead atoms. The molecule has 3 rings (SSSR count). The first kappa shape index (κ1) is 20.1. The van der Waals surface area contributed by atoms with Gasteiger partial charge in [-0.2, -0.15) is 0 Å². The number of piperazine rings is 1. The van der Waals surface area contributed by atoms with Crippen molar-refractivity contribution in [1.29, 1.82) is 0 Å². The van der Waals surface area contributed by atoms with Gasteiger partial charge in [0.05, 0.1) is 0 Å². The number of hydrogen-bond acceptors (Lipinski definition) is 5. The summed E-state index contributed by atoms with van der Waals surface area (Å²) in [5.74, 6) is 1.78. The number of benzene rings is 1. The van der Waals surface area contributed by atoms with Gasteiger partial charge in [-0.25, -0.2) is 0 Å². The van der Waals surface area contributed by atoms with E-state index in [-0.39, 0.29) is 5.91 Å². The highest BCUT2D eigenvalue weighted by Gasteiger charge is 2.21. The van der Waals surface area contributed by atoms with Crippen molar-refractivity contribution >= 4 is 35.2 Å². The van der Waals surface area contributed by atoms with Crippen LogP contribution in [0.1, 0.15) is 19.4 Å². The molecule has 2 aromatic rings. The molecule has 0 saturated carbocycles. The zero-order chi connectivity index (χ0) is 19.9. The molecule has 1 fully saturated rings. The van der Waals surface area contributed by atoms with Crippen LogP contribution in [0.25, 0.3) is 6.08 Å². The van der Waals surface area contributed by atoms with Gasteiger partial charge in [-0.3, -0.25) is 4.79 Å². The lowest BCUT2D eigenvalue weighted by Crippen LogP contribution is -2.48. The minimum Gasteiger partial charge on any atom is -0.356 e. The maximum atomic E-state index is 12.4. The fourth-order valence-corrected chi connectivity index (χ4v) is 3.33. The molecule has 0 N–H and O–H groups in total. The van der Waals surface area contributed by atoms with Crippen molar-refractivity contribution in [2.45, 2.75) is 13.8 Å². The van der Waals surface area contributed by atoms with E-state index >= 15 is 0 Å². The van der Waals surface area contributed by atoms with Gasteiger partial charge in [0.25, 0.3) is 0 Å². The second-order valence-electron chi connectivity index (χ2n) is 6.62. The molecule has 2 heterocycles. The number of hydrogen-bond donors (Lipinski definition) is 0. The Labute approximate surface area is 171 Å². The van der Waals surface area contributed by atoms with Gasteiger partial charge < -0.3 is 14.7 Å². The number of carbonyl (C=O) groups excluding carboxylic acids is 1. The van der Waals surface area contributed by atoms with E-state index in [0.29, 0.717) is 18.1 Å². The Morgan fingerprint density at radius 2 is 1.71 bits per heavy atom. The normalized spacial score (nSPS) is 14.5. The monoisotopic (exact) mass is 399 g/mol. The molecule has 1 aromatic carbocycles. The summed E-state index contributed by atoms with van der Waals surface area (Å²) in [5, 5.41) is 9.42. The standard InChI is InChI=1S/C21H26ClN5O/c1-3-25(4-2)19-10-11-20(24-23-19)26-13-15-27(16-14-26)21(28)12-7-17-5-8-18(22)9-6-17/h5-12H,3-4,13-16H2,1-2H3/b12-7+. The molecule has 1 aliphatic heterocycles. The second-order valence-corrected chi connectivity index (χ2v) is 7.06. The lowest BCUT2D eigenvalue weighted by molar-refractivity contribution is -0.126. The highest BCUT2D eigenvalue weighted by molar-refractivity contribution is 6.30. The van der Waals surface area contributed by atoms with E-state index < -0.39 is 0 Å². The lowest BCUT2D eigenvalue weighted by Gasteiger charge is -2.34. The predicted molar refractivity (Wildman–Crippen MR) is 115 cm³/mol. The highest BCUT2D eigenvalue weighted by atomic mass is 35.5. The Morgan fingerprint density at radius 3 is 2.29 bits per heavy atom. The topological polar surface area (TPSA) is 52.6 Å². The molecule has 1 amide bonds. The minimum absolute atomic E-state index is 0.0255. The lowest BCUT2D eigenvalue weighted by atomic mass is 10.2. The first-order valence-corrected chi connectivity index (χ1v) is 10.0. The Kier molecular flexibility index (Phi) is 6.87. The summed E-state index contributed by atoms with van der Waals surface area (Å²) in [6, 6.07) is 11.4. The quantitative estimate of drug-likeness (QED) is 0.697. The molecule has 0 radical (unpaired) electrons. The summed E-state index contributed by atoms with van der Waals surface area (Å²) in [7, 11) is 0. The number of amides is 1. The molecule has 28 heavy (non-hydrogen) atoms. The number of carbonyl (C=O) groups is 1. The molecule has 148 valence electrons. The van der Waals surface area contributed by atoms with Gasteiger partial charge in [0.1, 0.15) is 0 Å². The molecule has 1 saturated heterocycles. The van der Waals surface area contributed by atoms with Crippen LogP contribution in [0.2, 0.25) is 5.02 Å². The third kappa shape index (κ3) is 5.01. The van der Waals surface area contributed by atoms with Crippen molar-refractivity contribution < 1.29 is 4.79 Å². The van der Waals surface area contributed by atoms with Crippen molar-refractivity contribution in [3.05, 3.63) is 53.1 Å². The molecule has 1 aromatic heterocycles. The number of anilines is 2. The molecule has 7 heteroatoms. The van der Waals surface area contributed by atoms with Crippen LogP contribution >= 0.6 is 11.6 Å². The molecule has 1 aliphatic rings. The van der Waals surface area contributed by atoms with Gasteiger partial charge in [-0.15, -0.1) is 10.2 Å². The molecule has 0 unspecified atom stereocenters. The maximum Gasteiger partial charge on any atom is 0.246 e. The largest absolute Gasteiger partial charge is 0.356 e. The third-order valence-corrected chi connectivity index (χ3v) is 5.18. The number of halogens is 1. The van der Waals surface area contributed by atoms with Gasteiger partial charge >= 0.3 is 0 Å². The summed E-state index contributed by atoms with van der Waals surface area (Å²) in [6.45, 7) is 8.88. The van der Waals surface area contributed by atoms with Gasteiger partial charge in [-0.1, -0.05) is 23.7 Å². The summed E-state index contributed by atoms with van der Waals surface area (Å²) < 4.78 is 0. The van der Waals surface area contributed by atoms with E-state index in [0.717, 1.165) is 43.4 Å². The van der Waals surface area contributed by atoms with Gasteiger partial charge in [0.15, 0.2) is 11.6 Å². The van der Waals surface area contributed by atoms with Gasteiger partial charge in [0.2, 0.25) is 5.91 Å². The molecule has 0 spiro atoms. The smallest absolute Gasteiger partial charge is 0.246 e. The number of rotatable bonds is 6. The van der Waals surface area contributed by atoms with Crippen LogP contribution in [0.3, 0.4) is 0 Å². The van der Waals surface area contributed by atoms with Crippen molar-refractivity contribution in [3.8, 4) is 0 Å². The molecular weight excluding hydrogens is 374 g/mol. The van der Waals surface area contributed by atoms with Crippen LogP contribution in [0.5, 0.6) is 0 Å². The Bertz CT molecular complexity index is 795. The highest BCUT2D eigenvalue weighted by Crippen LogP contribution is 2.17. The Balaban J connectivity index is 1.53. The van der Waals surface area contributed by atoms with E-state index in [9.17, 15) is 4.79 Å². The van der Waals surface area contributed by atoms with Crippen molar-refractivity contribution in [2.24, 2.45) is 0 Å². The summed E-state index contributed by atoms with van der Waals surface area (Å²) in [6.07, 6.45) is 3.44. The molecule has 0 atom stereocenters. The van der Waals surface area contributed by atoms with Crippen molar-refractivity contribution in [1.82, 2.24) is 15.1 Å². The minimum atomic E-state index is 0.0255. The first-order chi connectivity index (χ1) is 13.6. The van der Waals surface area contributed by atoms with E-state index in [1.165, 1.54) is 0 Å². The Hall–Kier alpha value is -2.60. The fraction of sp³-hybridized carbons (Fsp3) is 0.381. The number of aromatic nitrogens is 2. The van der Waals surface area contributed by atoms with Gasteiger partial charge in [-0.05, 0) is 49.8 Å². The predicted octanol–water partition coefficient (Wildman–Crippen LogP) is 3.34. The summed E-state index contributed by atoms with van der Waals surface area (Å²) in [4.78, 5) is 18.6.